The molecule has 1 saturated heterocycles. The molecule has 0 spiro atoms. The van der Waals surface area contributed by atoms with E-state index in [-0.39, 0.29) is 0 Å². The second-order valence-corrected chi connectivity index (χ2v) is 6.56. The molecule has 21 heavy (non-hydrogen) atoms. The van der Waals surface area contributed by atoms with Gasteiger partial charge in [0.15, 0.2) is 5.96 Å². The summed E-state index contributed by atoms with van der Waals surface area (Å²) >= 11 is 0. The van der Waals surface area contributed by atoms with Crippen molar-refractivity contribution in [2.45, 2.75) is 64.3 Å². The largest absolute Gasteiger partial charge is 0.357 e. The van der Waals surface area contributed by atoms with Crippen molar-refractivity contribution in [3.05, 3.63) is 0 Å². The van der Waals surface area contributed by atoms with E-state index in [1.807, 2.05) is 0 Å². The Bertz CT molecular complexity index is 304. The van der Waals surface area contributed by atoms with Crippen LogP contribution in [0.2, 0.25) is 0 Å². The monoisotopic (exact) mass is 294 g/mol. The van der Waals surface area contributed by atoms with Crippen LogP contribution in [0.15, 0.2) is 4.99 Å². The van der Waals surface area contributed by atoms with Crippen molar-refractivity contribution in [1.82, 2.24) is 15.1 Å². The molecular formula is C17H34N4. The topological polar surface area (TPSA) is 30.9 Å². The van der Waals surface area contributed by atoms with Crippen molar-refractivity contribution < 1.29 is 0 Å². The lowest BCUT2D eigenvalue weighted by Crippen LogP contribution is -2.39. The third kappa shape index (κ3) is 5.50. The molecule has 4 heteroatoms. The first-order chi connectivity index (χ1) is 10.3. The Morgan fingerprint density at radius 1 is 1.14 bits per heavy atom. The smallest absolute Gasteiger partial charge is 0.193 e. The fourth-order valence-electron chi connectivity index (χ4n) is 3.56. The Labute approximate surface area is 131 Å². The van der Waals surface area contributed by atoms with Gasteiger partial charge < -0.3 is 15.1 Å². The van der Waals surface area contributed by atoms with Gasteiger partial charge in [-0.3, -0.25) is 4.99 Å². The zero-order chi connectivity index (χ0) is 14.9. The average molecular weight is 294 g/mol. The molecule has 1 aliphatic heterocycles. The maximum Gasteiger partial charge on any atom is 0.193 e. The zero-order valence-corrected chi connectivity index (χ0v) is 14.1. The standard InChI is InChI=1S/C17H34N4/c1-3-18-17(21-14-7-8-15-21)19-12-9-13-20(2)16-10-5-4-6-11-16/h16H,3-15H2,1-2H3,(H,18,19). The molecule has 2 fully saturated rings. The Kier molecular flexibility index (Phi) is 7.34. The molecule has 4 nitrogen and oxygen atoms in total. The van der Waals surface area contributed by atoms with Gasteiger partial charge in [-0.05, 0) is 52.6 Å². The van der Waals surface area contributed by atoms with Crippen LogP contribution < -0.4 is 5.32 Å². The second-order valence-electron chi connectivity index (χ2n) is 6.56. The highest BCUT2D eigenvalue weighted by molar-refractivity contribution is 5.80. The van der Waals surface area contributed by atoms with Crippen LogP contribution in [0.1, 0.15) is 58.3 Å². The van der Waals surface area contributed by atoms with Crippen molar-refractivity contribution in [3.63, 3.8) is 0 Å². The van der Waals surface area contributed by atoms with Crippen LogP contribution >= 0.6 is 0 Å². The second kappa shape index (κ2) is 9.29. The van der Waals surface area contributed by atoms with E-state index in [2.05, 4.69) is 29.1 Å². The molecule has 122 valence electrons. The SMILES string of the molecule is CCNC(=NCCCN(C)C1CCCCC1)N1CCCC1. The number of nitrogens with zero attached hydrogens (tertiary/aromatic N) is 3. The summed E-state index contributed by atoms with van der Waals surface area (Å²) in [6, 6.07) is 0.828. The molecule has 1 saturated carbocycles. The molecule has 1 aliphatic carbocycles. The number of nitrogens with one attached hydrogen (secondary N) is 1. The van der Waals surface area contributed by atoms with E-state index in [0.717, 1.165) is 25.1 Å². The lowest BCUT2D eigenvalue weighted by atomic mass is 9.94. The summed E-state index contributed by atoms with van der Waals surface area (Å²) in [4.78, 5) is 9.80. The minimum Gasteiger partial charge on any atom is -0.357 e. The number of likely N-dealkylation sites (tertiary alicyclic amines) is 1. The van der Waals surface area contributed by atoms with Gasteiger partial charge in [-0.2, -0.15) is 0 Å². The van der Waals surface area contributed by atoms with E-state index < -0.39 is 0 Å². The maximum atomic E-state index is 4.82. The van der Waals surface area contributed by atoms with Gasteiger partial charge in [0.25, 0.3) is 0 Å². The molecule has 0 aromatic rings. The zero-order valence-electron chi connectivity index (χ0n) is 14.1. The van der Waals surface area contributed by atoms with Crippen molar-refractivity contribution in [3.8, 4) is 0 Å². The lowest BCUT2D eigenvalue weighted by molar-refractivity contribution is 0.191. The van der Waals surface area contributed by atoms with Crippen LogP contribution in [0.5, 0.6) is 0 Å². The summed E-state index contributed by atoms with van der Waals surface area (Å²) in [6.45, 7) is 7.62. The molecule has 2 rings (SSSR count). The minimum absolute atomic E-state index is 0.828. The van der Waals surface area contributed by atoms with E-state index in [1.165, 1.54) is 71.0 Å². The molecule has 2 aliphatic rings. The molecular weight excluding hydrogens is 260 g/mol. The van der Waals surface area contributed by atoms with E-state index in [1.54, 1.807) is 0 Å². The van der Waals surface area contributed by atoms with Crippen molar-refractivity contribution in [1.29, 1.82) is 0 Å². The van der Waals surface area contributed by atoms with E-state index in [9.17, 15) is 0 Å². The first kappa shape index (κ1) is 16.6. The molecule has 0 aromatic heterocycles. The van der Waals surface area contributed by atoms with Crippen LogP contribution in [-0.2, 0) is 0 Å². The van der Waals surface area contributed by atoms with Gasteiger partial charge in [-0.15, -0.1) is 0 Å². The Morgan fingerprint density at radius 2 is 1.86 bits per heavy atom. The van der Waals surface area contributed by atoms with Gasteiger partial charge in [0.05, 0.1) is 0 Å². The van der Waals surface area contributed by atoms with Crippen molar-refractivity contribution >= 4 is 5.96 Å². The molecule has 0 amide bonds. The summed E-state index contributed by atoms with van der Waals surface area (Å²) in [7, 11) is 2.30. The molecule has 0 atom stereocenters. The first-order valence-corrected chi connectivity index (χ1v) is 9.04. The lowest BCUT2D eigenvalue weighted by Gasteiger charge is -2.31. The van der Waals surface area contributed by atoms with E-state index in [4.69, 9.17) is 4.99 Å². The molecule has 0 unspecified atom stereocenters. The fraction of sp³-hybridized carbons (Fsp3) is 0.941. The summed E-state index contributed by atoms with van der Waals surface area (Å²) in [6.07, 6.45) is 10.9. The van der Waals surface area contributed by atoms with Crippen LogP contribution in [0.4, 0.5) is 0 Å². The average Bonchev–Trinajstić information content (AvgIpc) is 3.05. The molecule has 0 aromatic carbocycles. The summed E-state index contributed by atoms with van der Waals surface area (Å²) in [5.74, 6) is 1.13. The summed E-state index contributed by atoms with van der Waals surface area (Å²) in [5, 5.41) is 3.44. The van der Waals surface area contributed by atoms with Crippen molar-refractivity contribution in [2.24, 2.45) is 4.99 Å². The number of hydrogen-bond donors (Lipinski definition) is 1. The Hall–Kier alpha value is -0.770. The Morgan fingerprint density at radius 3 is 2.52 bits per heavy atom. The van der Waals surface area contributed by atoms with Gasteiger partial charge in [-0.1, -0.05) is 19.3 Å². The maximum absolute atomic E-state index is 4.82. The van der Waals surface area contributed by atoms with Gasteiger partial charge in [-0.25, -0.2) is 0 Å². The number of guanidine groups is 1. The van der Waals surface area contributed by atoms with Crippen LogP contribution in [0, 0.1) is 0 Å². The number of hydrogen-bond acceptors (Lipinski definition) is 2. The Balaban J connectivity index is 1.69. The van der Waals surface area contributed by atoms with Gasteiger partial charge in [0.2, 0.25) is 0 Å². The number of aliphatic imine (C=N–C) groups is 1. The molecule has 0 bridgehead atoms. The van der Waals surface area contributed by atoms with Crippen LogP contribution in [-0.4, -0.2) is 61.6 Å². The first-order valence-electron chi connectivity index (χ1n) is 9.04. The summed E-state index contributed by atoms with van der Waals surface area (Å²) < 4.78 is 0. The molecule has 1 N–H and O–H groups in total. The van der Waals surface area contributed by atoms with Crippen LogP contribution in [0.3, 0.4) is 0 Å². The minimum atomic E-state index is 0.828. The quantitative estimate of drug-likeness (QED) is 0.464. The predicted octanol–water partition coefficient (Wildman–Crippen LogP) is 2.70. The van der Waals surface area contributed by atoms with Gasteiger partial charge >= 0.3 is 0 Å². The molecule has 1 heterocycles. The predicted molar refractivity (Wildman–Crippen MR) is 90.9 cm³/mol. The normalized spacial score (nSPS) is 21.3. The van der Waals surface area contributed by atoms with Crippen molar-refractivity contribution in [2.75, 3.05) is 39.8 Å². The fourth-order valence-corrected chi connectivity index (χ4v) is 3.56. The highest BCUT2D eigenvalue weighted by Crippen LogP contribution is 2.21. The molecule has 0 radical (unpaired) electrons. The van der Waals surface area contributed by atoms with E-state index >= 15 is 0 Å². The summed E-state index contributed by atoms with van der Waals surface area (Å²) in [5.41, 5.74) is 0. The third-order valence-corrected chi connectivity index (χ3v) is 4.87. The highest BCUT2D eigenvalue weighted by Gasteiger charge is 2.18. The van der Waals surface area contributed by atoms with Gasteiger partial charge in [0.1, 0.15) is 0 Å². The van der Waals surface area contributed by atoms with Crippen LogP contribution in [0.25, 0.3) is 0 Å². The number of rotatable bonds is 6. The third-order valence-electron chi connectivity index (χ3n) is 4.87. The van der Waals surface area contributed by atoms with Gasteiger partial charge in [0, 0.05) is 32.2 Å². The van der Waals surface area contributed by atoms with E-state index in [0.29, 0.717) is 0 Å². The highest BCUT2D eigenvalue weighted by atomic mass is 15.3.